The molecule has 0 aromatic heterocycles. The Morgan fingerprint density at radius 1 is 1.21 bits per heavy atom. The van der Waals surface area contributed by atoms with Crippen LogP contribution in [0.5, 0.6) is 0 Å². The number of alkyl halides is 2. The molecule has 0 N–H and O–H groups in total. The third kappa shape index (κ3) is 2.37. The summed E-state index contributed by atoms with van der Waals surface area (Å²) in [5, 5.41) is 0. The Hall–Kier alpha value is -0.710. The molecule has 3 rings (SSSR count). The van der Waals surface area contributed by atoms with E-state index in [2.05, 4.69) is 0 Å². The first-order valence-corrected chi connectivity index (χ1v) is 7.38. The number of hydrogen-bond donors (Lipinski definition) is 0. The van der Waals surface area contributed by atoms with Gasteiger partial charge in [-0.2, -0.15) is 0 Å². The summed E-state index contributed by atoms with van der Waals surface area (Å²) in [5.41, 5.74) is 0. The zero-order chi connectivity index (χ0) is 13.6. The lowest BCUT2D eigenvalue weighted by Gasteiger charge is -2.48. The molecule has 5 heteroatoms. The van der Waals surface area contributed by atoms with Gasteiger partial charge in [0.05, 0.1) is 6.54 Å². The molecule has 3 aliphatic rings. The number of rotatable bonds is 2. The molecule has 1 aliphatic carbocycles. The second kappa shape index (κ2) is 4.69. The Bertz CT molecular complexity index is 364. The van der Waals surface area contributed by atoms with E-state index in [-0.39, 0.29) is 24.4 Å². The first-order chi connectivity index (χ1) is 8.97. The Morgan fingerprint density at radius 3 is 2.42 bits per heavy atom. The van der Waals surface area contributed by atoms with Gasteiger partial charge in [0.15, 0.2) is 0 Å². The summed E-state index contributed by atoms with van der Waals surface area (Å²) in [7, 11) is 0. The molecule has 3 nitrogen and oxygen atoms in total. The van der Waals surface area contributed by atoms with E-state index in [1.807, 2.05) is 9.80 Å². The molecule has 0 aromatic carbocycles. The number of likely N-dealkylation sites (tertiary alicyclic amines) is 2. The van der Waals surface area contributed by atoms with Gasteiger partial charge in [-0.1, -0.05) is 6.92 Å². The van der Waals surface area contributed by atoms with Gasteiger partial charge in [-0.15, -0.1) is 0 Å². The largest absolute Gasteiger partial charge is 0.342 e. The zero-order valence-corrected chi connectivity index (χ0v) is 11.4. The number of piperidine rings is 1. The van der Waals surface area contributed by atoms with E-state index in [9.17, 15) is 13.6 Å². The third-order valence-electron chi connectivity index (χ3n) is 5.13. The number of halogens is 2. The molecule has 19 heavy (non-hydrogen) atoms. The Labute approximate surface area is 112 Å². The average molecular weight is 272 g/mol. The van der Waals surface area contributed by atoms with Crippen LogP contribution in [0.4, 0.5) is 8.78 Å². The smallest absolute Gasteiger partial charge is 0.263 e. The Morgan fingerprint density at radius 2 is 1.89 bits per heavy atom. The lowest BCUT2D eigenvalue weighted by Crippen LogP contribution is -2.57. The van der Waals surface area contributed by atoms with Gasteiger partial charge in [0.1, 0.15) is 0 Å². The number of amides is 1. The maximum Gasteiger partial charge on any atom is 0.263 e. The molecule has 2 aliphatic heterocycles. The lowest BCUT2D eigenvalue weighted by molar-refractivity contribution is -0.149. The summed E-state index contributed by atoms with van der Waals surface area (Å²) < 4.78 is 27.4. The molecule has 2 heterocycles. The fourth-order valence-corrected chi connectivity index (χ4v) is 3.27. The second-order valence-corrected chi connectivity index (χ2v) is 6.42. The SMILES string of the molecule is C[C@@H]1CCN(C2CC(C(=O)N3CCC3)C2)CC1(F)F. The van der Waals surface area contributed by atoms with Crippen molar-refractivity contribution < 1.29 is 13.6 Å². The van der Waals surface area contributed by atoms with E-state index in [1.165, 1.54) is 0 Å². The van der Waals surface area contributed by atoms with Crippen molar-refractivity contribution in [3.63, 3.8) is 0 Å². The van der Waals surface area contributed by atoms with Crippen LogP contribution >= 0.6 is 0 Å². The van der Waals surface area contributed by atoms with E-state index >= 15 is 0 Å². The molecule has 0 aromatic rings. The number of nitrogens with zero attached hydrogens (tertiary/aromatic N) is 2. The molecule has 0 spiro atoms. The second-order valence-electron chi connectivity index (χ2n) is 6.42. The topological polar surface area (TPSA) is 23.6 Å². The fraction of sp³-hybridized carbons (Fsp3) is 0.929. The van der Waals surface area contributed by atoms with Crippen molar-refractivity contribution in [3.05, 3.63) is 0 Å². The predicted octanol–water partition coefficient (Wildman–Crippen LogP) is 1.97. The molecule has 108 valence electrons. The van der Waals surface area contributed by atoms with Crippen molar-refractivity contribution in [2.24, 2.45) is 11.8 Å². The number of carbonyl (C=O) groups is 1. The van der Waals surface area contributed by atoms with Crippen LogP contribution in [0.15, 0.2) is 0 Å². The van der Waals surface area contributed by atoms with Gasteiger partial charge in [0, 0.05) is 31.0 Å². The molecule has 0 radical (unpaired) electrons. The minimum Gasteiger partial charge on any atom is -0.342 e. The van der Waals surface area contributed by atoms with Gasteiger partial charge in [-0.05, 0) is 32.2 Å². The quantitative estimate of drug-likeness (QED) is 0.767. The van der Waals surface area contributed by atoms with E-state index in [1.54, 1.807) is 6.92 Å². The van der Waals surface area contributed by atoms with Crippen LogP contribution in [0, 0.1) is 11.8 Å². The zero-order valence-electron chi connectivity index (χ0n) is 11.4. The first kappa shape index (κ1) is 13.3. The minimum atomic E-state index is -2.56. The molecular formula is C14H22F2N2O. The molecule has 1 amide bonds. The van der Waals surface area contributed by atoms with Gasteiger partial charge < -0.3 is 4.90 Å². The maximum atomic E-state index is 13.7. The summed E-state index contributed by atoms with van der Waals surface area (Å²) in [5.74, 6) is -2.73. The van der Waals surface area contributed by atoms with Crippen molar-refractivity contribution in [3.8, 4) is 0 Å². The standard InChI is InChI=1S/C14H22F2N2O/c1-10-3-6-18(9-14(10,15)16)12-7-11(8-12)13(19)17-4-2-5-17/h10-12H,2-9H2,1H3/t10-,11?,12?/m1/s1. The number of hydrogen-bond acceptors (Lipinski definition) is 2. The van der Waals surface area contributed by atoms with Crippen molar-refractivity contribution in [2.45, 2.75) is 44.6 Å². The number of carbonyl (C=O) groups excluding carboxylic acids is 1. The molecule has 0 bridgehead atoms. The highest BCUT2D eigenvalue weighted by Crippen LogP contribution is 2.39. The normalized spacial score (nSPS) is 38.5. The summed E-state index contributed by atoms with van der Waals surface area (Å²) in [4.78, 5) is 15.8. The lowest BCUT2D eigenvalue weighted by atomic mass is 9.76. The molecular weight excluding hydrogens is 250 g/mol. The Balaban J connectivity index is 1.49. The molecule has 1 atom stereocenters. The average Bonchev–Trinajstić information content (AvgIpc) is 2.18. The minimum absolute atomic E-state index is 0.0956. The molecule has 0 unspecified atom stereocenters. The van der Waals surface area contributed by atoms with Gasteiger partial charge in [-0.3, -0.25) is 9.69 Å². The van der Waals surface area contributed by atoms with E-state index in [0.29, 0.717) is 6.42 Å². The van der Waals surface area contributed by atoms with Crippen LogP contribution in [0.3, 0.4) is 0 Å². The highest BCUT2D eigenvalue weighted by molar-refractivity contribution is 5.80. The summed E-state index contributed by atoms with van der Waals surface area (Å²) in [6.45, 7) is 4.04. The van der Waals surface area contributed by atoms with E-state index in [4.69, 9.17) is 0 Å². The highest BCUT2D eigenvalue weighted by Gasteiger charge is 2.47. The first-order valence-electron chi connectivity index (χ1n) is 7.38. The van der Waals surface area contributed by atoms with Gasteiger partial charge in [0.2, 0.25) is 5.91 Å². The van der Waals surface area contributed by atoms with Crippen LogP contribution in [0.1, 0.15) is 32.6 Å². The van der Waals surface area contributed by atoms with Crippen LogP contribution in [-0.2, 0) is 4.79 Å². The molecule has 3 fully saturated rings. The predicted molar refractivity (Wildman–Crippen MR) is 68.0 cm³/mol. The van der Waals surface area contributed by atoms with Crippen molar-refractivity contribution in [1.29, 1.82) is 0 Å². The fourth-order valence-electron chi connectivity index (χ4n) is 3.27. The van der Waals surface area contributed by atoms with Crippen LogP contribution < -0.4 is 0 Å². The van der Waals surface area contributed by atoms with Crippen LogP contribution in [0.25, 0.3) is 0 Å². The van der Waals surface area contributed by atoms with Crippen molar-refractivity contribution >= 4 is 5.91 Å². The summed E-state index contributed by atoms with van der Waals surface area (Å²) in [6, 6.07) is 0.202. The maximum absolute atomic E-state index is 13.7. The van der Waals surface area contributed by atoms with Gasteiger partial charge in [-0.25, -0.2) is 8.78 Å². The van der Waals surface area contributed by atoms with Crippen LogP contribution in [0.2, 0.25) is 0 Å². The van der Waals surface area contributed by atoms with Crippen molar-refractivity contribution in [2.75, 3.05) is 26.2 Å². The summed E-state index contributed by atoms with van der Waals surface area (Å²) >= 11 is 0. The van der Waals surface area contributed by atoms with Crippen LogP contribution in [-0.4, -0.2) is 53.9 Å². The van der Waals surface area contributed by atoms with E-state index in [0.717, 1.165) is 38.9 Å². The highest BCUT2D eigenvalue weighted by atomic mass is 19.3. The molecule has 1 saturated carbocycles. The molecule has 2 saturated heterocycles. The Kier molecular flexibility index (Phi) is 3.28. The van der Waals surface area contributed by atoms with E-state index < -0.39 is 11.8 Å². The monoisotopic (exact) mass is 272 g/mol. The van der Waals surface area contributed by atoms with Gasteiger partial charge in [0.25, 0.3) is 5.92 Å². The summed E-state index contributed by atoms with van der Waals surface area (Å²) in [6.07, 6.45) is 3.23. The van der Waals surface area contributed by atoms with Crippen molar-refractivity contribution in [1.82, 2.24) is 9.80 Å². The third-order valence-corrected chi connectivity index (χ3v) is 5.13. The van der Waals surface area contributed by atoms with Gasteiger partial charge >= 0.3 is 0 Å².